The van der Waals surface area contributed by atoms with Gasteiger partial charge in [-0.25, -0.2) is 0 Å². The Morgan fingerprint density at radius 2 is 1.88 bits per heavy atom. The fourth-order valence-electron chi connectivity index (χ4n) is 1.37. The minimum atomic E-state index is -0.0726. The van der Waals surface area contributed by atoms with Crippen LogP contribution in [-0.2, 0) is 0 Å². The molecule has 0 saturated heterocycles. The number of benzene rings is 1. The summed E-state index contributed by atoms with van der Waals surface area (Å²) >= 11 is 0. The van der Waals surface area contributed by atoms with E-state index in [4.69, 9.17) is 0 Å². The Morgan fingerprint density at radius 1 is 1.19 bits per heavy atom. The molecule has 2 aromatic rings. The number of hydrogen-bond acceptors (Lipinski definition) is 3. The molecular formula is C12H13N3O. The molecule has 2 rings (SSSR count). The highest BCUT2D eigenvalue weighted by Crippen LogP contribution is 2.14. The number of carbonyl (C=O) groups is 1. The number of nitrogens with one attached hydrogen (secondary N) is 1. The lowest BCUT2D eigenvalue weighted by atomic mass is 10.1. The average molecular weight is 215 g/mol. The Labute approximate surface area is 93.7 Å². The predicted octanol–water partition coefficient (Wildman–Crippen LogP) is 2.31. The summed E-state index contributed by atoms with van der Waals surface area (Å²) in [5, 5.41) is 7.82. The molecule has 0 atom stereocenters. The molecule has 0 unspecified atom stereocenters. The van der Waals surface area contributed by atoms with E-state index in [-0.39, 0.29) is 11.7 Å². The lowest BCUT2D eigenvalue weighted by molar-refractivity contribution is 0.0929. The molecule has 0 bridgehead atoms. The lowest BCUT2D eigenvalue weighted by Crippen LogP contribution is -2.09. The summed E-state index contributed by atoms with van der Waals surface area (Å²) in [6.07, 6.45) is 0. The zero-order chi connectivity index (χ0) is 11.5. The van der Waals surface area contributed by atoms with Crippen molar-refractivity contribution in [3.05, 3.63) is 36.2 Å². The van der Waals surface area contributed by atoms with Crippen LogP contribution in [0.25, 0.3) is 11.4 Å². The topological polar surface area (TPSA) is 58.6 Å². The third-order valence-corrected chi connectivity index (χ3v) is 2.29. The molecular weight excluding hydrogens is 202 g/mol. The molecule has 0 fully saturated rings. The van der Waals surface area contributed by atoms with E-state index in [2.05, 4.69) is 15.2 Å². The maximum atomic E-state index is 11.7. The number of rotatable bonds is 3. The Kier molecular flexibility index (Phi) is 2.81. The molecule has 0 aliphatic carbocycles. The van der Waals surface area contributed by atoms with Crippen molar-refractivity contribution >= 4 is 5.78 Å². The maximum Gasteiger partial charge on any atom is 0.202 e. The van der Waals surface area contributed by atoms with Crippen LogP contribution in [0, 0.1) is 5.92 Å². The second-order valence-electron chi connectivity index (χ2n) is 3.91. The van der Waals surface area contributed by atoms with E-state index in [9.17, 15) is 4.79 Å². The van der Waals surface area contributed by atoms with Gasteiger partial charge in [0.1, 0.15) is 0 Å². The molecule has 0 radical (unpaired) electrons. The summed E-state index contributed by atoms with van der Waals surface area (Å²) in [6, 6.07) is 9.61. The van der Waals surface area contributed by atoms with Gasteiger partial charge in [-0.05, 0) is 0 Å². The fourth-order valence-corrected chi connectivity index (χ4v) is 1.37. The highest BCUT2D eigenvalue weighted by Gasteiger charge is 2.15. The van der Waals surface area contributed by atoms with Crippen LogP contribution in [0.3, 0.4) is 0 Å². The number of carbonyl (C=O) groups excluding carboxylic acids is 1. The number of ketones is 1. The molecule has 1 heterocycles. The summed E-state index contributed by atoms with van der Waals surface area (Å²) in [7, 11) is 0. The number of aromatic nitrogens is 3. The van der Waals surface area contributed by atoms with Crippen LogP contribution in [0.1, 0.15) is 24.5 Å². The van der Waals surface area contributed by atoms with Crippen molar-refractivity contribution in [2.75, 3.05) is 0 Å². The summed E-state index contributed by atoms with van der Waals surface area (Å²) in [6.45, 7) is 3.68. The molecule has 16 heavy (non-hydrogen) atoms. The van der Waals surface area contributed by atoms with Gasteiger partial charge in [0.05, 0.1) is 0 Å². The molecule has 4 nitrogen and oxygen atoms in total. The van der Waals surface area contributed by atoms with E-state index in [1.165, 1.54) is 0 Å². The van der Waals surface area contributed by atoms with Crippen LogP contribution in [0.4, 0.5) is 0 Å². The molecule has 0 aliphatic heterocycles. The van der Waals surface area contributed by atoms with E-state index < -0.39 is 0 Å². The van der Waals surface area contributed by atoms with Crippen molar-refractivity contribution in [1.82, 2.24) is 15.2 Å². The van der Waals surface area contributed by atoms with Crippen molar-refractivity contribution in [3.63, 3.8) is 0 Å². The summed E-state index contributed by atoms with van der Waals surface area (Å²) in [5.74, 6) is 0.865. The second-order valence-corrected chi connectivity index (χ2v) is 3.91. The zero-order valence-corrected chi connectivity index (χ0v) is 9.27. The number of nitrogens with zero attached hydrogens (tertiary/aromatic N) is 2. The number of aromatic amines is 1. The maximum absolute atomic E-state index is 11.7. The smallest absolute Gasteiger partial charge is 0.202 e. The molecule has 0 saturated carbocycles. The molecule has 0 aliphatic rings. The van der Waals surface area contributed by atoms with Crippen molar-refractivity contribution < 1.29 is 4.79 Å². The van der Waals surface area contributed by atoms with Crippen LogP contribution < -0.4 is 0 Å². The van der Waals surface area contributed by atoms with Crippen LogP contribution in [0.2, 0.25) is 0 Å². The van der Waals surface area contributed by atoms with Gasteiger partial charge < -0.3 is 4.98 Å². The second kappa shape index (κ2) is 4.26. The lowest BCUT2D eigenvalue weighted by Gasteiger charge is -1.98. The Hall–Kier alpha value is -1.97. The van der Waals surface area contributed by atoms with Crippen LogP contribution in [-0.4, -0.2) is 21.0 Å². The van der Waals surface area contributed by atoms with Crippen molar-refractivity contribution in [2.45, 2.75) is 13.8 Å². The first-order valence-electron chi connectivity index (χ1n) is 5.21. The van der Waals surface area contributed by atoms with E-state index >= 15 is 0 Å². The third-order valence-electron chi connectivity index (χ3n) is 2.29. The monoisotopic (exact) mass is 215 g/mol. The third kappa shape index (κ3) is 2.00. The van der Waals surface area contributed by atoms with Gasteiger partial charge in [-0.2, -0.15) is 0 Å². The number of Topliss-reactive ketones (excluding diaryl/α,β-unsaturated/α-hetero) is 1. The van der Waals surface area contributed by atoms with Crippen molar-refractivity contribution in [2.24, 2.45) is 5.92 Å². The highest BCUT2D eigenvalue weighted by molar-refractivity contribution is 5.94. The Balaban J connectivity index is 2.30. The summed E-state index contributed by atoms with van der Waals surface area (Å²) < 4.78 is 0. The first-order valence-corrected chi connectivity index (χ1v) is 5.21. The van der Waals surface area contributed by atoms with Gasteiger partial charge >= 0.3 is 0 Å². The number of hydrogen-bond donors (Lipinski definition) is 1. The van der Waals surface area contributed by atoms with Crippen molar-refractivity contribution in [1.29, 1.82) is 0 Å². The molecule has 1 N–H and O–H groups in total. The molecule has 0 amide bonds. The van der Waals surface area contributed by atoms with Gasteiger partial charge in [-0.3, -0.25) is 4.79 Å². The largest absolute Gasteiger partial charge is 0.318 e. The van der Waals surface area contributed by atoms with Gasteiger partial charge in [0.25, 0.3) is 0 Å². The Bertz CT molecular complexity index is 488. The molecule has 1 aromatic carbocycles. The standard InChI is InChI=1S/C12H13N3O/c1-8(2)10(16)12-13-11(14-15-12)9-6-4-3-5-7-9/h3-8H,1-2H3,(H,13,14,15). The normalized spacial score (nSPS) is 10.7. The average Bonchev–Trinajstić information content (AvgIpc) is 2.78. The number of H-pyrrole nitrogens is 1. The predicted molar refractivity (Wildman–Crippen MR) is 61.0 cm³/mol. The van der Waals surface area contributed by atoms with Crippen LogP contribution >= 0.6 is 0 Å². The minimum absolute atomic E-state index is 0.0188. The van der Waals surface area contributed by atoms with E-state index in [1.54, 1.807) is 0 Å². The first kappa shape index (κ1) is 10.5. The zero-order valence-electron chi connectivity index (χ0n) is 9.27. The van der Waals surface area contributed by atoms with Crippen LogP contribution in [0.5, 0.6) is 0 Å². The van der Waals surface area contributed by atoms with Crippen molar-refractivity contribution in [3.8, 4) is 11.4 Å². The van der Waals surface area contributed by atoms with E-state index in [0.29, 0.717) is 11.6 Å². The quantitative estimate of drug-likeness (QED) is 0.799. The molecule has 82 valence electrons. The summed E-state index contributed by atoms with van der Waals surface area (Å²) in [5.41, 5.74) is 0.929. The van der Waals surface area contributed by atoms with Gasteiger partial charge in [-0.15, -0.1) is 10.2 Å². The highest BCUT2D eigenvalue weighted by atomic mass is 16.1. The fraction of sp³-hybridized carbons (Fsp3) is 0.250. The Morgan fingerprint density at radius 3 is 2.50 bits per heavy atom. The SMILES string of the molecule is CC(C)C(=O)c1nnc(-c2ccccc2)[nH]1. The summed E-state index contributed by atoms with van der Waals surface area (Å²) in [4.78, 5) is 14.6. The molecule has 1 aromatic heterocycles. The first-order chi connectivity index (χ1) is 7.68. The van der Waals surface area contributed by atoms with E-state index in [1.807, 2.05) is 44.2 Å². The van der Waals surface area contributed by atoms with Gasteiger partial charge in [0, 0.05) is 11.5 Å². The van der Waals surface area contributed by atoms with Crippen LogP contribution in [0.15, 0.2) is 30.3 Å². The minimum Gasteiger partial charge on any atom is -0.318 e. The van der Waals surface area contributed by atoms with Gasteiger partial charge in [0.2, 0.25) is 5.78 Å². The molecule has 0 spiro atoms. The van der Waals surface area contributed by atoms with Gasteiger partial charge in [0.15, 0.2) is 11.6 Å². The van der Waals surface area contributed by atoms with Gasteiger partial charge in [-0.1, -0.05) is 44.2 Å². The van der Waals surface area contributed by atoms with E-state index in [0.717, 1.165) is 5.56 Å². The molecule has 4 heteroatoms.